The molecule has 0 radical (unpaired) electrons. The highest BCUT2D eigenvalue weighted by Gasteiger charge is 2.29. The van der Waals surface area contributed by atoms with Crippen molar-refractivity contribution in [1.82, 2.24) is 9.78 Å². The Morgan fingerprint density at radius 2 is 2.00 bits per heavy atom. The number of nitrogens with one attached hydrogen (secondary N) is 1. The number of hydrogen-bond acceptors (Lipinski definition) is 2. The monoisotopic (exact) mass is 327 g/mol. The average molecular weight is 328 g/mol. The molecule has 0 fully saturated rings. The second kappa shape index (κ2) is 5.10. The molecule has 0 saturated heterocycles. The molecule has 116 valence electrons. The van der Waals surface area contributed by atoms with Crippen molar-refractivity contribution >= 4 is 17.3 Å². The lowest BCUT2D eigenvalue weighted by Crippen LogP contribution is -2.27. The number of halogens is 2. The lowest BCUT2D eigenvalue weighted by molar-refractivity contribution is 0.527. The quantitative estimate of drug-likeness (QED) is 0.686. The van der Waals surface area contributed by atoms with Crippen molar-refractivity contribution in [3.63, 3.8) is 0 Å². The zero-order valence-corrected chi connectivity index (χ0v) is 13.5. The van der Waals surface area contributed by atoms with Gasteiger partial charge in [-0.3, -0.25) is 0 Å². The van der Waals surface area contributed by atoms with Crippen LogP contribution in [0.5, 0.6) is 0 Å². The average Bonchev–Trinajstić information content (AvgIpc) is 2.89. The third-order valence-electron chi connectivity index (χ3n) is 4.12. The Labute approximate surface area is 138 Å². The molecule has 23 heavy (non-hydrogen) atoms. The van der Waals surface area contributed by atoms with Crippen molar-refractivity contribution in [3.05, 3.63) is 70.1 Å². The maximum Gasteiger partial charge on any atom is 0.151 e. The van der Waals surface area contributed by atoms with Crippen LogP contribution >= 0.6 is 11.6 Å². The Bertz CT molecular complexity index is 896. The number of nitrogens with zero attached hydrogens (tertiary/aromatic N) is 2. The third-order valence-corrected chi connectivity index (χ3v) is 4.45. The molecule has 0 saturated carbocycles. The highest BCUT2D eigenvalue weighted by atomic mass is 35.5. The van der Waals surface area contributed by atoms with E-state index in [-0.39, 0.29) is 5.82 Å². The summed E-state index contributed by atoms with van der Waals surface area (Å²) in [7, 11) is 0. The summed E-state index contributed by atoms with van der Waals surface area (Å²) >= 11 is 6.27. The van der Waals surface area contributed by atoms with Gasteiger partial charge in [0.2, 0.25) is 0 Å². The molecule has 1 atom stereocenters. The topological polar surface area (TPSA) is 29.9 Å². The summed E-state index contributed by atoms with van der Waals surface area (Å²) in [5.41, 5.74) is 5.43. The van der Waals surface area contributed by atoms with Crippen molar-refractivity contribution < 1.29 is 4.39 Å². The van der Waals surface area contributed by atoms with Crippen LogP contribution in [0.1, 0.15) is 23.0 Å². The molecule has 3 nitrogen and oxygen atoms in total. The molecule has 1 aliphatic rings. The van der Waals surface area contributed by atoms with E-state index in [0.717, 1.165) is 22.6 Å². The van der Waals surface area contributed by atoms with E-state index in [0.29, 0.717) is 10.6 Å². The number of hydrogen-bond donors (Lipinski definition) is 1. The Hall–Kier alpha value is -2.33. The first-order valence-electron chi connectivity index (χ1n) is 7.42. The van der Waals surface area contributed by atoms with E-state index in [1.54, 1.807) is 16.8 Å². The van der Waals surface area contributed by atoms with Gasteiger partial charge in [-0.15, -0.1) is 0 Å². The SMILES string of the molecule is Cc1ccc2c(c1)-c1cc(C)nn1[C@@H](c1c(F)cccc1Cl)N2. The summed E-state index contributed by atoms with van der Waals surface area (Å²) in [5.74, 6) is -0.343. The fraction of sp³-hybridized carbons (Fsp3) is 0.167. The summed E-state index contributed by atoms with van der Waals surface area (Å²) < 4.78 is 16.2. The highest BCUT2D eigenvalue weighted by Crippen LogP contribution is 2.41. The predicted octanol–water partition coefficient (Wildman–Crippen LogP) is 4.93. The molecule has 1 aliphatic heterocycles. The Morgan fingerprint density at radius 1 is 1.17 bits per heavy atom. The first-order chi connectivity index (χ1) is 11.0. The van der Waals surface area contributed by atoms with Crippen molar-refractivity contribution in [1.29, 1.82) is 0 Å². The fourth-order valence-electron chi connectivity index (χ4n) is 3.09. The van der Waals surface area contributed by atoms with Gasteiger partial charge < -0.3 is 5.32 Å². The van der Waals surface area contributed by atoms with Crippen LogP contribution in [0.4, 0.5) is 10.1 Å². The molecule has 4 rings (SSSR count). The number of aryl methyl sites for hydroxylation is 2. The summed E-state index contributed by atoms with van der Waals surface area (Å²) in [6.07, 6.45) is -0.470. The molecular weight excluding hydrogens is 313 g/mol. The van der Waals surface area contributed by atoms with Crippen LogP contribution in [0.3, 0.4) is 0 Å². The number of fused-ring (bicyclic) bond motifs is 3. The molecule has 5 heteroatoms. The van der Waals surface area contributed by atoms with Crippen LogP contribution < -0.4 is 5.32 Å². The lowest BCUT2D eigenvalue weighted by Gasteiger charge is -2.30. The van der Waals surface area contributed by atoms with Crippen LogP contribution in [-0.4, -0.2) is 9.78 Å². The number of rotatable bonds is 1. The van der Waals surface area contributed by atoms with Gasteiger partial charge in [-0.25, -0.2) is 9.07 Å². The minimum Gasteiger partial charge on any atom is -0.359 e. The van der Waals surface area contributed by atoms with Crippen molar-refractivity contribution in [2.45, 2.75) is 20.0 Å². The van der Waals surface area contributed by atoms with Gasteiger partial charge in [-0.05, 0) is 44.2 Å². The summed E-state index contributed by atoms with van der Waals surface area (Å²) in [4.78, 5) is 0. The van der Waals surface area contributed by atoms with E-state index in [2.05, 4.69) is 16.5 Å². The highest BCUT2D eigenvalue weighted by molar-refractivity contribution is 6.31. The molecular formula is C18H15ClFN3. The van der Waals surface area contributed by atoms with Crippen molar-refractivity contribution in [3.8, 4) is 11.3 Å². The van der Waals surface area contributed by atoms with E-state index in [9.17, 15) is 4.39 Å². The Kier molecular flexibility index (Phi) is 3.16. The van der Waals surface area contributed by atoms with E-state index < -0.39 is 6.17 Å². The number of anilines is 1. The van der Waals surface area contributed by atoms with Crippen LogP contribution in [-0.2, 0) is 0 Å². The van der Waals surface area contributed by atoms with Crippen LogP contribution in [0.25, 0.3) is 11.3 Å². The molecule has 2 aromatic carbocycles. The molecule has 3 aromatic rings. The number of benzene rings is 2. The summed E-state index contributed by atoms with van der Waals surface area (Å²) in [6, 6.07) is 12.9. The van der Waals surface area contributed by atoms with Crippen LogP contribution in [0.2, 0.25) is 5.02 Å². The maximum absolute atomic E-state index is 14.4. The normalized spacial score (nSPS) is 15.7. The second-order valence-electron chi connectivity index (χ2n) is 5.85. The number of aromatic nitrogens is 2. The van der Waals surface area contributed by atoms with E-state index in [1.807, 2.05) is 32.0 Å². The minimum absolute atomic E-state index is 0.343. The molecule has 0 amide bonds. The third kappa shape index (κ3) is 2.21. The summed E-state index contributed by atoms with van der Waals surface area (Å²) in [6.45, 7) is 3.98. The second-order valence-corrected chi connectivity index (χ2v) is 6.25. The largest absolute Gasteiger partial charge is 0.359 e. The summed E-state index contributed by atoms with van der Waals surface area (Å²) in [5, 5.41) is 8.30. The molecule has 1 N–H and O–H groups in total. The van der Waals surface area contributed by atoms with Gasteiger partial charge in [0.05, 0.1) is 22.0 Å². The van der Waals surface area contributed by atoms with Crippen LogP contribution in [0, 0.1) is 19.7 Å². The van der Waals surface area contributed by atoms with Gasteiger partial charge >= 0.3 is 0 Å². The van der Waals surface area contributed by atoms with E-state index in [4.69, 9.17) is 11.6 Å². The first-order valence-corrected chi connectivity index (χ1v) is 7.80. The predicted molar refractivity (Wildman–Crippen MR) is 90.3 cm³/mol. The van der Waals surface area contributed by atoms with E-state index >= 15 is 0 Å². The Balaban J connectivity index is 1.96. The fourth-order valence-corrected chi connectivity index (χ4v) is 3.35. The zero-order valence-electron chi connectivity index (χ0n) is 12.8. The van der Waals surface area contributed by atoms with Crippen molar-refractivity contribution in [2.24, 2.45) is 0 Å². The van der Waals surface area contributed by atoms with Crippen LogP contribution in [0.15, 0.2) is 42.5 Å². The molecule has 1 aromatic heterocycles. The molecule has 0 unspecified atom stereocenters. The van der Waals surface area contributed by atoms with Crippen molar-refractivity contribution in [2.75, 3.05) is 5.32 Å². The van der Waals surface area contributed by atoms with Gasteiger partial charge in [0, 0.05) is 11.3 Å². The first kappa shape index (κ1) is 14.3. The zero-order chi connectivity index (χ0) is 16.1. The Morgan fingerprint density at radius 3 is 2.78 bits per heavy atom. The molecule has 2 heterocycles. The van der Waals surface area contributed by atoms with Gasteiger partial charge in [-0.2, -0.15) is 5.10 Å². The lowest BCUT2D eigenvalue weighted by atomic mass is 10.0. The maximum atomic E-state index is 14.4. The molecule has 0 spiro atoms. The van der Waals surface area contributed by atoms with Gasteiger partial charge in [0.25, 0.3) is 0 Å². The molecule has 0 bridgehead atoms. The van der Waals surface area contributed by atoms with Gasteiger partial charge in [0.1, 0.15) is 5.82 Å². The minimum atomic E-state index is -0.470. The smallest absolute Gasteiger partial charge is 0.151 e. The van der Waals surface area contributed by atoms with Gasteiger partial charge in [-0.1, -0.05) is 29.3 Å². The standard InChI is InChI=1S/C18H15ClFN3/c1-10-6-7-15-12(8-10)16-9-11(2)22-23(16)18(21-15)17-13(19)4-3-5-14(17)20/h3-9,18,21H,1-2H3/t18-/m0/s1. The van der Waals surface area contributed by atoms with Gasteiger partial charge in [0.15, 0.2) is 6.17 Å². The molecule has 0 aliphatic carbocycles. The van der Waals surface area contributed by atoms with E-state index in [1.165, 1.54) is 11.6 Å².